The summed E-state index contributed by atoms with van der Waals surface area (Å²) in [5, 5.41) is 13.7. The lowest BCUT2D eigenvalue weighted by atomic mass is 10.1. The van der Waals surface area contributed by atoms with E-state index >= 15 is 0 Å². The Hall–Kier alpha value is -1.17. The Balaban J connectivity index is 0.000000170. The van der Waals surface area contributed by atoms with Crippen LogP contribution in [0.25, 0.3) is 0 Å². The molecule has 3 saturated carbocycles. The van der Waals surface area contributed by atoms with Crippen molar-refractivity contribution in [3.05, 3.63) is 35.4 Å². The molecule has 0 spiro atoms. The lowest BCUT2D eigenvalue weighted by Crippen LogP contribution is -2.37. The minimum absolute atomic E-state index is 0.270. The number of alkyl halides is 3. The third kappa shape index (κ3) is 6.16. The molecule has 3 fully saturated rings. The first-order valence-corrected chi connectivity index (χ1v) is 12.4. The van der Waals surface area contributed by atoms with E-state index in [1.54, 1.807) is 77.0 Å². The molecule has 1 aromatic rings. The number of halogens is 3. The number of carboxylic acids is 1. The molecular formula is C23H31F3O2S. The van der Waals surface area contributed by atoms with E-state index in [-0.39, 0.29) is 5.56 Å². The molecule has 0 amide bonds. The van der Waals surface area contributed by atoms with Gasteiger partial charge in [-0.3, -0.25) is 0 Å². The molecule has 0 N–H and O–H groups in total. The Kier molecular flexibility index (Phi) is 7.94. The Bertz CT molecular complexity index is 603. The van der Waals surface area contributed by atoms with Gasteiger partial charge in [0, 0.05) is 0 Å². The van der Waals surface area contributed by atoms with Gasteiger partial charge in [0.15, 0.2) is 0 Å². The molecule has 2 nitrogen and oxygen atoms in total. The Morgan fingerprint density at radius 1 is 0.759 bits per heavy atom. The van der Waals surface area contributed by atoms with Crippen LogP contribution in [0.1, 0.15) is 93.0 Å². The normalized spacial score (nSPS) is 21.5. The van der Waals surface area contributed by atoms with Crippen molar-refractivity contribution >= 4 is 16.9 Å². The fourth-order valence-electron chi connectivity index (χ4n) is 5.09. The van der Waals surface area contributed by atoms with Crippen molar-refractivity contribution in [2.75, 3.05) is 0 Å². The van der Waals surface area contributed by atoms with E-state index in [4.69, 9.17) is 0 Å². The van der Waals surface area contributed by atoms with Gasteiger partial charge in [0.2, 0.25) is 0 Å². The molecule has 4 rings (SSSR count). The predicted molar refractivity (Wildman–Crippen MR) is 110 cm³/mol. The van der Waals surface area contributed by atoms with Crippen LogP contribution in [0.15, 0.2) is 24.3 Å². The quantitative estimate of drug-likeness (QED) is 0.594. The highest BCUT2D eigenvalue weighted by Gasteiger charge is 2.46. The molecule has 0 unspecified atom stereocenters. The minimum Gasteiger partial charge on any atom is -0.545 e. The van der Waals surface area contributed by atoms with Crippen molar-refractivity contribution in [1.29, 1.82) is 0 Å². The first kappa shape index (κ1) is 22.5. The van der Waals surface area contributed by atoms with Gasteiger partial charge in [-0.15, -0.1) is 0 Å². The molecule has 1 aromatic carbocycles. The third-order valence-electron chi connectivity index (χ3n) is 6.51. The summed E-state index contributed by atoms with van der Waals surface area (Å²) in [6, 6.07) is 3.12. The monoisotopic (exact) mass is 428 g/mol. The van der Waals surface area contributed by atoms with Crippen molar-refractivity contribution in [1.82, 2.24) is 0 Å². The second-order valence-electron chi connectivity index (χ2n) is 8.49. The van der Waals surface area contributed by atoms with Gasteiger partial charge in [-0.1, -0.05) is 12.1 Å². The maximum Gasteiger partial charge on any atom is 0.416 e. The van der Waals surface area contributed by atoms with Gasteiger partial charge in [-0.25, -0.2) is 0 Å². The summed E-state index contributed by atoms with van der Waals surface area (Å²) in [4.78, 5) is 10.2. The summed E-state index contributed by atoms with van der Waals surface area (Å²) < 4.78 is 35.9. The van der Waals surface area contributed by atoms with Crippen molar-refractivity contribution in [2.45, 2.75) is 99.0 Å². The van der Waals surface area contributed by atoms with E-state index < -0.39 is 17.7 Å². The predicted octanol–water partition coefficient (Wildman–Crippen LogP) is 5.50. The highest BCUT2D eigenvalue weighted by Crippen LogP contribution is 2.42. The van der Waals surface area contributed by atoms with Crippen LogP contribution >= 0.6 is 0 Å². The lowest BCUT2D eigenvalue weighted by Gasteiger charge is -2.25. The summed E-state index contributed by atoms with van der Waals surface area (Å²) in [6.45, 7) is 0. The number of hydrogen-bond acceptors (Lipinski definition) is 2. The zero-order valence-corrected chi connectivity index (χ0v) is 17.7. The molecule has 0 saturated heterocycles. The molecule has 0 aliphatic heterocycles. The van der Waals surface area contributed by atoms with Crippen LogP contribution in [-0.2, 0) is 17.1 Å². The van der Waals surface area contributed by atoms with E-state index in [1.165, 1.54) is 15.7 Å². The number of benzene rings is 1. The van der Waals surface area contributed by atoms with Crippen molar-refractivity contribution in [3.63, 3.8) is 0 Å². The van der Waals surface area contributed by atoms with Crippen molar-refractivity contribution in [3.8, 4) is 0 Å². The number of carboxylic acid groups (broad SMARTS) is 1. The summed E-state index contributed by atoms with van der Waals surface area (Å²) in [5.41, 5.74) is -1.15. The molecule has 0 atom stereocenters. The van der Waals surface area contributed by atoms with Crippen LogP contribution in [0.2, 0.25) is 0 Å². The van der Waals surface area contributed by atoms with Crippen LogP contribution in [0.3, 0.4) is 0 Å². The zero-order valence-electron chi connectivity index (χ0n) is 16.9. The van der Waals surface area contributed by atoms with E-state index in [9.17, 15) is 23.1 Å². The second-order valence-corrected chi connectivity index (χ2v) is 11.3. The highest BCUT2D eigenvalue weighted by molar-refractivity contribution is 7.98. The van der Waals surface area contributed by atoms with Crippen LogP contribution in [0.5, 0.6) is 0 Å². The molecule has 3 aliphatic rings. The molecule has 29 heavy (non-hydrogen) atoms. The van der Waals surface area contributed by atoms with Gasteiger partial charge in [0.05, 0.1) is 11.5 Å². The van der Waals surface area contributed by atoms with Gasteiger partial charge >= 0.3 is 6.18 Å². The third-order valence-corrected chi connectivity index (χ3v) is 10.2. The Labute approximate surface area is 174 Å². The van der Waals surface area contributed by atoms with Gasteiger partial charge in [-0.05, 0) is 106 Å². The minimum atomic E-state index is -4.44. The summed E-state index contributed by atoms with van der Waals surface area (Å²) in [5.74, 6) is -1.49. The molecule has 3 aliphatic carbocycles. The lowest BCUT2D eigenvalue weighted by molar-refractivity contribution is -0.255. The highest BCUT2D eigenvalue weighted by atomic mass is 32.2. The number of aromatic carboxylic acids is 1. The summed E-state index contributed by atoms with van der Waals surface area (Å²) in [6.07, 6.45) is 14.4. The summed E-state index contributed by atoms with van der Waals surface area (Å²) >= 11 is 0. The first-order valence-electron chi connectivity index (χ1n) is 11.0. The smallest absolute Gasteiger partial charge is 0.416 e. The van der Waals surface area contributed by atoms with Crippen LogP contribution in [0.4, 0.5) is 13.2 Å². The van der Waals surface area contributed by atoms with Crippen molar-refractivity contribution < 1.29 is 23.1 Å². The SMILES string of the molecule is C1CCC([S+](C2CCCC2)C2CCCC2)C1.O=C([O-])c1ccc(C(F)(F)F)cc1. The topological polar surface area (TPSA) is 40.1 Å². The molecule has 0 bridgehead atoms. The van der Waals surface area contributed by atoms with Crippen LogP contribution in [-0.4, -0.2) is 21.7 Å². The first-order chi connectivity index (χ1) is 13.9. The average molecular weight is 429 g/mol. The molecule has 162 valence electrons. The van der Waals surface area contributed by atoms with E-state index in [1.807, 2.05) is 0 Å². The van der Waals surface area contributed by atoms with E-state index in [2.05, 4.69) is 0 Å². The van der Waals surface area contributed by atoms with Gasteiger partial charge in [0.25, 0.3) is 0 Å². The molecule has 0 radical (unpaired) electrons. The second kappa shape index (κ2) is 10.2. The summed E-state index contributed by atoms with van der Waals surface area (Å²) in [7, 11) is 0.850. The van der Waals surface area contributed by atoms with Crippen molar-refractivity contribution in [2.24, 2.45) is 0 Å². The van der Waals surface area contributed by atoms with Crippen LogP contribution in [0, 0.1) is 0 Å². The Morgan fingerprint density at radius 2 is 1.10 bits per heavy atom. The maximum absolute atomic E-state index is 12.0. The largest absolute Gasteiger partial charge is 0.545 e. The molecular weight excluding hydrogens is 397 g/mol. The van der Waals surface area contributed by atoms with Gasteiger partial charge < -0.3 is 9.90 Å². The maximum atomic E-state index is 12.0. The van der Waals surface area contributed by atoms with E-state index in [0.717, 1.165) is 23.0 Å². The average Bonchev–Trinajstić information content (AvgIpc) is 3.47. The van der Waals surface area contributed by atoms with Gasteiger partial charge in [-0.2, -0.15) is 13.2 Å². The fraction of sp³-hybridized carbons (Fsp3) is 0.696. The number of carbonyl (C=O) groups excluding carboxylic acids is 1. The van der Waals surface area contributed by atoms with Crippen LogP contribution < -0.4 is 5.11 Å². The number of rotatable bonds is 4. The molecule has 0 heterocycles. The fourth-order valence-corrected chi connectivity index (χ4v) is 9.36. The number of carbonyl (C=O) groups is 1. The molecule has 6 heteroatoms. The standard InChI is InChI=1S/C15H27S.C8H5F3O2/c1-2-8-13(7-1)16(14-9-3-4-10-14)15-11-5-6-12-15;9-8(10,11)6-3-1-5(2-4-6)7(12)13/h13-15H,1-12H2;1-4H,(H,12,13)/q+1;/p-1. The van der Waals surface area contributed by atoms with E-state index in [0.29, 0.717) is 12.1 Å². The zero-order chi connectivity index (χ0) is 20.9. The Morgan fingerprint density at radius 3 is 1.38 bits per heavy atom. The van der Waals surface area contributed by atoms with Gasteiger partial charge in [0.1, 0.15) is 15.7 Å². The number of hydrogen-bond donors (Lipinski definition) is 0. The molecule has 0 aromatic heterocycles.